The molecule has 1 amide bonds. The number of rotatable bonds is 7. The van der Waals surface area contributed by atoms with Crippen molar-refractivity contribution in [3.05, 3.63) is 48.0 Å². The molecular weight excluding hydrogens is 392 g/mol. The highest BCUT2D eigenvalue weighted by atomic mass is 32.2. The predicted octanol–water partition coefficient (Wildman–Crippen LogP) is 1.86. The second-order valence-corrected chi connectivity index (χ2v) is 7.70. The molecule has 0 saturated carbocycles. The number of carbonyl (C=O) groups excluding carboxylic acids is 2. The summed E-state index contributed by atoms with van der Waals surface area (Å²) < 4.78 is 32.6. The molecule has 2 rings (SSSR count). The molecule has 8 nitrogen and oxygen atoms in total. The van der Waals surface area contributed by atoms with Crippen molar-refractivity contribution in [2.75, 3.05) is 25.3 Å². The molecule has 0 fully saturated rings. The van der Waals surface area contributed by atoms with E-state index in [-0.39, 0.29) is 10.5 Å². The van der Waals surface area contributed by atoms with Crippen molar-refractivity contribution in [1.82, 2.24) is 0 Å². The minimum Gasteiger partial charge on any atom is -0.496 e. The molecule has 0 radical (unpaired) electrons. The smallest absolute Gasteiger partial charge is 0.342 e. The summed E-state index contributed by atoms with van der Waals surface area (Å²) in [6, 6.07) is 10.3. The van der Waals surface area contributed by atoms with Gasteiger partial charge in [0.15, 0.2) is 6.61 Å². The maximum Gasteiger partial charge on any atom is 0.342 e. The SMILES string of the molecule is COc1cc(SC)ccc1C(=O)OCC(=O)Nc1ccc(S(N)(=O)=O)cc1. The number of benzene rings is 2. The molecule has 0 aliphatic rings. The average Bonchev–Trinajstić information content (AvgIpc) is 2.65. The van der Waals surface area contributed by atoms with Gasteiger partial charge in [-0.05, 0) is 48.7 Å². The van der Waals surface area contributed by atoms with Gasteiger partial charge in [-0.15, -0.1) is 11.8 Å². The normalized spacial score (nSPS) is 10.9. The number of nitrogens with two attached hydrogens (primary N) is 1. The number of thioether (sulfide) groups is 1. The lowest BCUT2D eigenvalue weighted by Gasteiger charge is -2.10. The monoisotopic (exact) mass is 410 g/mol. The largest absolute Gasteiger partial charge is 0.496 e. The van der Waals surface area contributed by atoms with Crippen molar-refractivity contribution < 1.29 is 27.5 Å². The van der Waals surface area contributed by atoms with E-state index in [1.54, 1.807) is 18.2 Å². The Labute approximate surface area is 161 Å². The van der Waals surface area contributed by atoms with Crippen LogP contribution in [0.1, 0.15) is 10.4 Å². The summed E-state index contributed by atoms with van der Waals surface area (Å²) >= 11 is 1.50. The molecule has 0 spiro atoms. The minimum absolute atomic E-state index is 0.0762. The molecule has 144 valence electrons. The van der Waals surface area contributed by atoms with Gasteiger partial charge in [-0.2, -0.15) is 0 Å². The van der Waals surface area contributed by atoms with E-state index < -0.39 is 28.5 Å². The van der Waals surface area contributed by atoms with Crippen molar-refractivity contribution in [2.45, 2.75) is 9.79 Å². The van der Waals surface area contributed by atoms with Gasteiger partial charge in [0, 0.05) is 10.6 Å². The molecule has 10 heteroatoms. The van der Waals surface area contributed by atoms with Gasteiger partial charge in [0.1, 0.15) is 11.3 Å². The Balaban J connectivity index is 1.96. The Kier molecular flexibility index (Phi) is 6.83. The van der Waals surface area contributed by atoms with Crippen molar-refractivity contribution in [3.8, 4) is 5.75 Å². The first kappa shape index (κ1) is 20.7. The molecule has 0 aliphatic heterocycles. The number of hydrogen-bond acceptors (Lipinski definition) is 7. The minimum atomic E-state index is -3.81. The number of methoxy groups -OCH3 is 1. The Morgan fingerprint density at radius 1 is 1.15 bits per heavy atom. The van der Waals surface area contributed by atoms with Crippen LogP contribution >= 0.6 is 11.8 Å². The van der Waals surface area contributed by atoms with Crippen LogP contribution in [0.3, 0.4) is 0 Å². The lowest BCUT2D eigenvalue weighted by molar-refractivity contribution is -0.119. The number of carbonyl (C=O) groups is 2. The van der Waals surface area contributed by atoms with Crippen LogP contribution in [0, 0.1) is 0 Å². The van der Waals surface area contributed by atoms with E-state index in [2.05, 4.69) is 5.32 Å². The molecule has 0 unspecified atom stereocenters. The van der Waals surface area contributed by atoms with Gasteiger partial charge in [0.2, 0.25) is 10.0 Å². The first-order valence-electron chi connectivity index (χ1n) is 7.56. The summed E-state index contributed by atoms with van der Waals surface area (Å²) in [5, 5.41) is 7.49. The maximum atomic E-state index is 12.2. The van der Waals surface area contributed by atoms with Gasteiger partial charge in [-0.1, -0.05) is 0 Å². The number of primary sulfonamides is 1. The lowest BCUT2D eigenvalue weighted by atomic mass is 10.2. The molecule has 0 heterocycles. The van der Waals surface area contributed by atoms with Gasteiger partial charge in [-0.25, -0.2) is 18.4 Å². The van der Waals surface area contributed by atoms with Crippen LogP contribution in [-0.4, -0.2) is 40.3 Å². The van der Waals surface area contributed by atoms with Gasteiger partial charge >= 0.3 is 5.97 Å². The van der Waals surface area contributed by atoms with Crippen LogP contribution in [0.15, 0.2) is 52.3 Å². The van der Waals surface area contributed by atoms with Crippen LogP contribution in [0.4, 0.5) is 5.69 Å². The summed E-state index contributed by atoms with van der Waals surface area (Å²) in [7, 11) is -2.37. The highest BCUT2D eigenvalue weighted by Gasteiger charge is 2.16. The number of nitrogens with one attached hydrogen (secondary N) is 1. The Morgan fingerprint density at radius 3 is 2.37 bits per heavy atom. The van der Waals surface area contributed by atoms with E-state index >= 15 is 0 Å². The lowest BCUT2D eigenvalue weighted by Crippen LogP contribution is -2.21. The fourth-order valence-electron chi connectivity index (χ4n) is 2.10. The van der Waals surface area contributed by atoms with Crippen LogP contribution in [0.5, 0.6) is 5.75 Å². The molecule has 2 aromatic carbocycles. The van der Waals surface area contributed by atoms with Crippen LogP contribution in [0.25, 0.3) is 0 Å². The quantitative estimate of drug-likeness (QED) is 0.527. The van der Waals surface area contributed by atoms with Crippen molar-refractivity contribution >= 4 is 39.3 Å². The fraction of sp³-hybridized carbons (Fsp3) is 0.176. The zero-order valence-electron chi connectivity index (χ0n) is 14.6. The molecule has 0 aliphatic carbocycles. The third-order valence-electron chi connectivity index (χ3n) is 3.43. The number of sulfonamides is 1. The Morgan fingerprint density at radius 2 is 1.81 bits per heavy atom. The van der Waals surface area contributed by atoms with Gasteiger partial charge in [0.25, 0.3) is 5.91 Å². The van der Waals surface area contributed by atoms with E-state index in [4.69, 9.17) is 14.6 Å². The van der Waals surface area contributed by atoms with E-state index in [0.717, 1.165) is 4.90 Å². The molecule has 0 saturated heterocycles. The first-order valence-corrected chi connectivity index (χ1v) is 10.3. The molecule has 27 heavy (non-hydrogen) atoms. The predicted molar refractivity (Wildman–Crippen MR) is 102 cm³/mol. The van der Waals surface area contributed by atoms with Crippen LogP contribution < -0.4 is 15.2 Å². The van der Waals surface area contributed by atoms with Crippen molar-refractivity contribution in [2.24, 2.45) is 5.14 Å². The number of anilines is 1. The zero-order valence-corrected chi connectivity index (χ0v) is 16.2. The summed E-state index contributed by atoms with van der Waals surface area (Å²) in [5.74, 6) is -0.920. The third kappa shape index (κ3) is 5.71. The van der Waals surface area contributed by atoms with E-state index in [9.17, 15) is 18.0 Å². The van der Waals surface area contributed by atoms with Crippen LogP contribution in [-0.2, 0) is 19.6 Å². The molecule has 3 N–H and O–H groups in total. The number of amides is 1. The molecule has 0 aromatic heterocycles. The highest BCUT2D eigenvalue weighted by Crippen LogP contribution is 2.25. The summed E-state index contributed by atoms with van der Waals surface area (Å²) in [4.78, 5) is 24.9. The summed E-state index contributed by atoms with van der Waals surface area (Å²) in [6.07, 6.45) is 1.90. The molecule has 0 bridgehead atoms. The number of ether oxygens (including phenoxy) is 2. The van der Waals surface area contributed by atoms with Gasteiger partial charge < -0.3 is 14.8 Å². The van der Waals surface area contributed by atoms with E-state index in [1.165, 1.54) is 43.1 Å². The van der Waals surface area contributed by atoms with Crippen LogP contribution in [0.2, 0.25) is 0 Å². The van der Waals surface area contributed by atoms with E-state index in [1.807, 2.05) is 6.26 Å². The number of esters is 1. The molecule has 2 aromatic rings. The number of hydrogen-bond donors (Lipinski definition) is 2. The summed E-state index contributed by atoms with van der Waals surface area (Å²) in [6.45, 7) is -0.511. The molecule has 0 atom stereocenters. The molecular formula is C17H18N2O6S2. The van der Waals surface area contributed by atoms with Gasteiger partial charge in [-0.3, -0.25) is 4.79 Å². The van der Waals surface area contributed by atoms with Gasteiger partial charge in [0.05, 0.1) is 12.0 Å². The van der Waals surface area contributed by atoms with Crippen molar-refractivity contribution in [1.29, 1.82) is 0 Å². The Hall–Kier alpha value is -2.56. The standard InChI is InChI=1S/C17H18N2O6S2/c1-24-15-9-12(26-2)5-8-14(15)17(21)25-10-16(20)19-11-3-6-13(7-4-11)27(18,22)23/h3-9H,10H2,1-2H3,(H,19,20)(H2,18,22,23). The fourth-order valence-corrected chi connectivity index (χ4v) is 3.05. The second-order valence-electron chi connectivity index (χ2n) is 5.26. The second kappa shape index (κ2) is 8.89. The zero-order chi connectivity index (χ0) is 20.0. The topological polar surface area (TPSA) is 125 Å². The highest BCUT2D eigenvalue weighted by molar-refractivity contribution is 7.98. The first-order chi connectivity index (χ1) is 12.7. The Bertz CT molecular complexity index is 942. The van der Waals surface area contributed by atoms with Crippen molar-refractivity contribution in [3.63, 3.8) is 0 Å². The maximum absolute atomic E-state index is 12.2. The third-order valence-corrected chi connectivity index (χ3v) is 5.08. The summed E-state index contributed by atoms with van der Waals surface area (Å²) in [5.41, 5.74) is 0.547. The average molecular weight is 410 g/mol. The van der Waals surface area contributed by atoms with E-state index in [0.29, 0.717) is 11.4 Å².